The van der Waals surface area contributed by atoms with Gasteiger partial charge in [-0.05, 0) is 66.8 Å². The van der Waals surface area contributed by atoms with E-state index in [0.29, 0.717) is 11.1 Å². The van der Waals surface area contributed by atoms with Crippen LogP contribution in [0.2, 0.25) is 5.02 Å². The van der Waals surface area contributed by atoms with E-state index in [1.54, 1.807) is 0 Å². The highest BCUT2D eigenvalue weighted by atomic mass is 35.5. The third kappa shape index (κ3) is 4.21. The van der Waals surface area contributed by atoms with Crippen LogP contribution in [0.15, 0.2) is 72.9 Å². The van der Waals surface area contributed by atoms with Crippen molar-refractivity contribution >= 4 is 44.9 Å². The summed E-state index contributed by atoms with van der Waals surface area (Å²) in [5, 5.41) is 10.8. The highest BCUT2D eigenvalue weighted by Gasteiger charge is 2.23. The van der Waals surface area contributed by atoms with Crippen molar-refractivity contribution in [3.63, 3.8) is 0 Å². The number of benzene rings is 3. The van der Waals surface area contributed by atoms with Crippen LogP contribution >= 0.6 is 11.6 Å². The first-order valence-corrected chi connectivity index (χ1v) is 11.1. The van der Waals surface area contributed by atoms with Crippen LogP contribution in [0.5, 0.6) is 0 Å². The maximum Gasteiger partial charge on any atom is 0.252 e. The van der Waals surface area contributed by atoms with Gasteiger partial charge in [-0.1, -0.05) is 48.0 Å². The first-order chi connectivity index (χ1) is 15.2. The van der Waals surface area contributed by atoms with Crippen molar-refractivity contribution in [2.24, 2.45) is 0 Å². The SMILES string of the molecule is O=C(NC1CCC(Nc2ccnc3cc(Cl)ccc23)CC1)c1cccc2ccccc12. The van der Waals surface area contributed by atoms with Crippen LogP contribution in [0.3, 0.4) is 0 Å². The molecule has 0 radical (unpaired) electrons. The molecule has 5 heteroatoms. The minimum atomic E-state index is 0.0187. The summed E-state index contributed by atoms with van der Waals surface area (Å²) in [6.45, 7) is 0. The van der Waals surface area contributed by atoms with Crippen LogP contribution in [-0.4, -0.2) is 23.0 Å². The zero-order valence-electron chi connectivity index (χ0n) is 17.1. The summed E-state index contributed by atoms with van der Waals surface area (Å²) in [7, 11) is 0. The number of amides is 1. The van der Waals surface area contributed by atoms with Gasteiger partial charge in [0.2, 0.25) is 0 Å². The van der Waals surface area contributed by atoms with E-state index in [1.807, 2.05) is 72.9 Å². The predicted molar refractivity (Wildman–Crippen MR) is 128 cm³/mol. The Morgan fingerprint density at radius 2 is 1.65 bits per heavy atom. The molecule has 1 fully saturated rings. The van der Waals surface area contributed by atoms with Gasteiger partial charge in [0.15, 0.2) is 0 Å². The van der Waals surface area contributed by atoms with Crippen LogP contribution in [0.1, 0.15) is 36.0 Å². The Morgan fingerprint density at radius 3 is 2.52 bits per heavy atom. The molecule has 1 amide bonds. The first kappa shape index (κ1) is 19.8. The molecule has 0 aliphatic heterocycles. The van der Waals surface area contributed by atoms with Gasteiger partial charge in [-0.3, -0.25) is 9.78 Å². The van der Waals surface area contributed by atoms with Gasteiger partial charge >= 0.3 is 0 Å². The Kier molecular flexibility index (Phi) is 5.47. The third-order valence-electron chi connectivity index (χ3n) is 6.16. The molecule has 1 saturated carbocycles. The fraction of sp³-hybridized carbons (Fsp3) is 0.231. The lowest BCUT2D eigenvalue weighted by molar-refractivity contribution is 0.0928. The summed E-state index contributed by atoms with van der Waals surface area (Å²) in [5.74, 6) is 0.0187. The molecule has 4 aromatic rings. The fourth-order valence-corrected chi connectivity index (χ4v) is 4.70. The molecule has 0 unspecified atom stereocenters. The average molecular weight is 430 g/mol. The molecule has 3 aromatic carbocycles. The van der Waals surface area contributed by atoms with E-state index >= 15 is 0 Å². The second kappa shape index (κ2) is 8.56. The maximum absolute atomic E-state index is 12.9. The average Bonchev–Trinajstić information content (AvgIpc) is 2.80. The summed E-state index contributed by atoms with van der Waals surface area (Å²) >= 11 is 6.10. The lowest BCUT2D eigenvalue weighted by Crippen LogP contribution is -2.40. The predicted octanol–water partition coefficient (Wildman–Crippen LogP) is 6.19. The monoisotopic (exact) mass is 429 g/mol. The van der Waals surface area contributed by atoms with Gasteiger partial charge in [0.1, 0.15) is 0 Å². The van der Waals surface area contributed by atoms with Crippen LogP contribution < -0.4 is 10.6 Å². The second-order valence-corrected chi connectivity index (χ2v) is 8.65. The van der Waals surface area contributed by atoms with Crippen molar-refractivity contribution in [1.82, 2.24) is 10.3 Å². The topological polar surface area (TPSA) is 54.0 Å². The Balaban J connectivity index is 1.22. The molecule has 1 aliphatic carbocycles. The molecule has 1 heterocycles. The minimum Gasteiger partial charge on any atom is -0.382 e. The second-order valence-electron chi connectivity index (χ2n) is 8.21. The molecule has 0 saturated heterocycles. The largest absolute Gasteiger partial charge is 0.382 e. The first-order valence-electron chi connectivity index (χ1n) is 10.8. The Bertz CT molecular complexity index is 1240. The summed E-state index contributed by atoms with van der Waals surface area (Å²) < 4.78 is 0. The molecular weight excluding hydrogens is 406 g/mol. The van der Waals surface area contributed by atoms with Crippen molar-refractivity contribution in [1.29, 1.82) is 0 Å². The molecule has 1 aliphatic rings. The van der Waals surface area contributed by atoms with Gasteiger partial charge in [-0.15, -0.1) is 0 Å². The zero-order valence-corrected chi connectivity index (χ0v) is 17.9. The normalized spacial score (nSPS) is 18.7. The number of anilines is 1. The highest BCUT2D eigenvalue weighted by Crippen LogP contribution is 2.28. The number of rotatable bonds is 4. The standard InChI is InChI=1S/C26H24ClN3O/c27-18-8-13-23-24(14-15-28-25(23)16-18)29-19-9-11-20(12-10-19)30-26(31)22-7-3-5-17-4-1-2-6-21(17)22/h1-8,13-16,19-20H,9-12H2,(H,28,29)(H,30,31). The van der Waals surface area contributed by atoms with Crippen LogP contribution in [0, 0.1) is 0 Å². The minimum absolute atomic E-state index is 0.0187. The van der Waals surface area contributed by atoms with Crippen LogP contribution in [0.4, 0.5) is 5.69 Å². The molecule has 0 atom stereocenters. The Morgan fingerprint density at radius 1 is 0.871 bits per heavy atom. The molecule has 5 rings (SSSR count). The van der Waals surface area contributed by atoms with Crippen LogP contribution in [-0.2, 0) is 0 Å². The number of aromatic nitrogens is 1. The van der Waals surface area contributed by atoms with Gasteiger partial charge in [0.25, 0.3) is 5.91 Å². The number of carbonyl (C=O) groups is 1. The maximum atomic E-state index is 12.9. The lowest BCUT2D eigenvalue weighted by Gasteiger charge is -2.30. The van der Waals surface area contributed by atoms with Crippen molar-refractivity contribution in [2.75, 3.05) is 5.32 Å². The molecular formula is C26H24ClN3O. The Hall–Kier alpha value is -3.11. The van der Waals surface area contributed by atoms with Gasteiger partial charge in [-0.2, -0.15) is 0 Å². The smallest absolute Gasteiger partial charge is 0.252 e. The molecule has 4 nitrogen and oxygen atoms in total. The number of nitrogens with one attached hydrogen (secondary N) is 2. The van der Waals surface area contributed by atoms with E-state index in [-0.39, 0.29) is 11.9 Å². The number of halogens is 1. The molecule has 1 aromatic heterocycles. The van der Waals surface area contributed by atoms with Crippen molar-refractivity contribution in [3.05, 3.63) is 83.5 Å². The van der Waals surface area contributed by atoms with E-state index in [4.69, 9.17) is 11.6 Å². The quantitative estimate of drug-likeness (QED) is 0.406. The lowest BCUT2D eigenvalue weighted by atomic mass is 9.90. The molecule has 31 heavy (non-hydrogen) atoms. The summed E-state index contributed by atoms with van der Waals surface area (Å²) in [5.41, 5.74) is 2.73. The van der Waals surface area contributed by atoms with Gasteiger partial charge < -0.3 is 10.6 Å². The third-order valence-corrected chi connectivity index (χ3v) is 6.40. The molecule has 0 bridgehead atoms. The van der Waals surface area contributed by atoms with E-state index in [0.717, 1.165) is 58.6 Å². The number of fused-ring (bicyclic) bond motifs is 2. The summed E-state index contributed by atoms with van der Waals surface area (Å²) in [6, 6.07) is 22.3. The molecule has 156 valence electrons. The number of hydrogen-bond donors (Lipinski definition) is 2. The van der Waals surface area contributed by atoms with Gasteiger partial charge in [0, 0.05) is 39.9 Å². The Labute approximate surface area is 186 Å². The summed E-state index contributed by atoms with van der Waals surface area (Å²) in [6.07, 6.45) is 5.76. The van der Waals surface area contributed by atoms with Crippen molar-refractivity contribution < 1.29 is 4.79 Å². The molecule has 0 spiro atoms. The van der Waals surface area contributed by atoms with E-state index in [9.17, 15) is 4.79 Å². The van der Waals surface area contributed by atoms with Crippen molar-refractivity contribution in [2.45, 2.75) is 37.8 Å². The highest BCUT2D eigenvalue weighted by molar-refractivity contribution is 6.31. The van der Waals surface area contributed by atoms with Gasteiger partial charge in [0.05, 0.1) is 5.52 Å². The van der Waals surface area contributed by atoms with Crippen molar-refractivity contribution in [3.8, 4) is 0 Å². The number of nitrogens with zero attached hydrogens (tertiary/aromatic N) is 1. The zero-order chi connectivity index (χ0) is 21.2. The molecule has 2 N–H and O–H groups in total. The van der Waals surface area contributed by atoms with E-state index in [2.05, 4.69) is 15.6 Å². The number of hydrogen-bond acceptors (Lipinski definition) is 3. The van der Waals surface area contributed by atoms with E-state index in [1.165, 1.54) is 0 Å². The summed E-state index contributed by atoms with van der Waals surface area (Å²) in [4.78, 5) is 17.3. The number of pyridine rings is 1. The van der Waals surface area contributed by atoms with Gasteiger partial charge in [-0.25, -0.2) is 0 Å². The van der Waals surface area contributed by atoms with E-state index < -0.39 is 0 Å². The fourth-order valence-electron chi connectivity index (χ4n) is 4.54. The number of carbonyl (C=O) groups excluding carboxylic acids is 1. The van der Waals surface area contributed by atoms with Crippen LogP contribution in [0.25, 0.3) is 21.7 Å².